The van der Waals surface area contributed by atoms with E-state index in [0.717, 1.165) is 36.9 Å². The Morgan fingerprint density at radius 2 is 1.88 bits per heavy atom. The summed E-state index contributed by atoms with van der Waals surface area (Å²) in [6.07, 6.45) is 6.42. The number of piperidine rings is 1. The number of nitrogens with zero attached hydrogens (tertiary/aromatic N) is 3. The number of nitriles is 1. The van der Waals surface area contributed by atoms with Crippen LogP contribution in [0.25, 0.3) is 0 Å². The van der Waals surface area contributed by atoms with E-state index in [9.17, 15) is 8.42 Å². The molecule has 2 aromatic rings. The molecule has 0 spiro atoms. The van der Waals surface area contributed by atoms with Gasteiger partial charge in [-0.25, -0.2) is 13.4 Å². The summed E-state index contributed by atoms with van der Waals surface area (Å²) < 4.78 is 33.8. The second-order valence-electron chi connectivity index (χ2n) is 8.89. The third kappa shape index (κ3) is 3.94. The van der Waals surface area contributed by atoms with Crippen molar-refractivity contribution < 1.29 is 13.2 Å². The van der Waals surface area contributed by atoms with Gasteiger partial charge < -0.3 is 10.1 Å². The largest absolute Gasteiger partial charge is 0.474 e. The van der Waals surface area contributed by atoms with E-state index in [2.05, 4.69) is 16.4 Å². The van der Waals surface area contributed by atoms with Crippen molar-refractivity contribution in [3.63, 3.8) is 0 Å². The number of nitrogens with one attached hydrogen (secondary N) is 1. The van der Waals surface area contributed by atoms with E-state index in [1.165, 1.54) is 0 Å². The van der Waals surface area contributed by atoms with Crippen molar-refractivity contribution in [2.75, 3.05) is 5.32 Å². The number of ether oxygens (including phenoxy) is 1. The SMILES string of the molecule is Cc1c(Nc2ccc(C#N)cc2Cl)ccnc1OC1C[C@@H]2CC[C@@H](C1)N2S(=O)(=O)C1CC1. The van der Waals surface area contributed by atoms with Crippen LogP contribution in [0.4, 0.5) is 11.4 Å². The molecule has 3 fully saturated rings. The Labute approximate surface area is 193 Å². The summed E-state index contributed by atoms with van der Waals surface area (Å²) in [5, 5.41) is 12.6. The molecule has 1 saturated carbocycles. The average Bonchev–Trinajstić information content (AvgIpc) is 3.58. The number of pyridine rings is 1. The molecule has 7 nitrogen and oxygen atoms in total. The molecule has 2 bridgehead atoms. The van der Waals surface area contributed by atoms with Gasteiger partial charge in [0, 0.05) is 42.4 Å². The van der Waals surface area contributed by atoms with Gasteiger partial charge in [-0.1, -0.05) is 11.6 Å². The Bertz CT molecular complexity index is 1180. The molecule has 3 heterocycles. The van der Waals surface area contributed by atoms with Crippen LogP contribution in [0.2, 0.25) is 5.02 Å². The van der Waals surface area contributed by atoms with Gasteiger partial charge in [0.05, 0.1) is 27.6 Å². The fourth-order valence-electron chi connectivity index (χ4n) is 4.89. The molecule has 0 amide bonds. The van der Waals surface area contributed by atoms with Crippen LogP contribution in [0.5, 0.6) is 5.88 Å². The Kier molecular flexibility index (Phi) is 5.52. The summed E-state index contributed by atoms with van der Waals surface area (Å²) in [7, 11) is -3.16. The van der Waals surface area contributed by atoms with Crippen LogP contribution in [0.3, 0.4) is 0 Å². The Balaban J connectivity index is 1.30. The van der Waals surface area contributed by atoms with E-state index in [1.807, 2.05) is 13.0 Å². The van der Waals surface area contributed by atoms with Crippen molar-refractivity contribution in [3.8, 4) is 11.9 Å². The summed E-state index contributed by atoms with van der Waals surface area (Å²) in [6, 6.07) is 9.09. The van der Waals surface area contributed by atoms with Crippen molar-refractivity contribution in [1.29, 1.82) is 5.26 Å². The van der Waals surface area contributed by atoms with Crippen molar-refractivity contribution in [3.05, 3.63) is 46.6 Å². The molecule has 1 N–H and O–H groups in total. The maximum atomic E-state index is 12.8. The molecule has 2 saturated heterocycles. The quantitative estimate of drug-likeness (QED) is 0.663. The van der Waals surface area contributed by atoms with Gasteiger partial charge in [-0.15, -0.1) is 0 Å². The van der Waals surface area contributed by atoms with Crippen molar-refractivity contribution in [2.24, 2.45) is 0 Å². The van der Waals surface area contributed by atoms with E-state index in [-0.39, 0.29) is 23.4 Å². The summed E-state index contributed by atoms with van der Waals surface area (Å²) >= 11 is 6.31. The number of halogens is 1. The topological polar surface area (TPSA) is 95.3 Å². The van der Waals surface area contributed by atoms with E-state index >= 15 is 0 Å². The maximum absolute atomic E-state index is 12.8. The minimum Gasteiger partial charge on any atom is -0.474 e. The van der Waals surface area contributed by atoms with E-state index in [0.29, 0.717) is 35.0 Å². The highest BCUT2D eigenvalue weighted by atomic mass is 35.5. The molecule has 32 heavy (non-hydrogen) atoms. The van der Waals surface area contributed by atoms with Crippen LogP contribution in [-0.2, 0) is 10.0 Å². The predicted molar refractivity (Wildman–Crippen MR) is 123 cm³/mol. The average molecular weight is 473 g/mol. The van der Waals surface area contributed by atoms with Crippen LogP contribution in [0, 0.1) is 18.3 Å². The zero-order chi connectivity index (χ0) is 22.5. The van der Waals surface area contributed by atoms with Gasteiger partial charge >= 0.3 is 0 Å². The van der Waals surface area contributed by atoms with Gasteiger partial charge in [-0.05, 0) is 56.9 Å². The molecular weight excluding hydrogens is 448 g/mol. The minimum atomic E-state index is -3.16. The van der Waals surface area contributed by atoms with Crippen LogP contribution in [0.15, 0.2) is 30.5 Å². The monoisotopic (exact) mass is 472 g/mol. The Morgan fingerprint density at radius 3 is 2.50 bits per heavy atom. The van der Waals surface area contributed by atoms with E-state index in [4.69, 9.17) is 21.6 Å². The van der Waals surface area contributed by atoms with E-state index < -0.39 is 10.0 Å². The number of aromatic nitrogens is 1. The summed E-state index contributed by atoms with van der Waals surface area (Å²) in [5.74, 6) is 0.544. The molecule has 0 unspecified atom stereocenters. The van der Waals surface area contributed by atoms with Gasteiger partial charge in [0.25, 0.3) is 0 Å². The Hall–Kier alpha value is -2.34. The molecule has 3 aliphatic rings. The second kappa shape index (κ2) is 8.22. The molecule has 0 radical (unpaired) electrons. The molecule has 1 aliphatic carbocycles. The smallest absolute Gasteiger partial charge is 0.218 e. The second-order valence-corrected chi connectivity index (χ2v) is 11.4. The molecule has 9 heteroatoms. The lowest BCUT2D eigenvalue weighted by Crippen LogP contribution is -2.50. The number of rotatable bonds is 6. The van der Waals surface area contributed by atoms with Gasteiger partial charge in [-0.3, -0.25) is 0 Å². The first-order valence-electron chi connectivity index (χ1n) is 11.0. The van der Waals surface area contributed by atoms with Gasteiger partial charge in [-0.2, -0.15) is 9.57 Å². The molecule has 1 aromatic heterocycles. The number of benzene rings is 1. The predicted octanol–water partition coefficient (Wildman–Crippen LogP) is 4.53. The number of fused-ring (bicyclic) bond motifs is 2. The third-order valence-electron chi connectivity index (χ3n) is 6.67. The first-order chi connectivity index (χ1) is 15.4. The lowest BCUT2D eigenvalue weighted by Gasteiger charge is -2.38. The third-order valence-corrected chi connectivity index (χ3v) is 9.48. The molecule has 168 valence electrons. The summed E-state index contributed by atoms with van der Waals surface area (Å²) in [6.45, 7) is 1.93. The highest BCUT2D eigenvalue weighted by Crippen LogP contribution is 2.44. The van der Waals surface area contributed by atoms with Gasteiger partial charge in [0.1, 0.15) is 6.10 Å². The Morgan fingerprint density at radius 1 is 1.16 bits per heavy atom. The van der Waals surface area contributed by atoms with E-state index in [1.54, 1.807) is 28.7 Å². The number of hydrogen-bond acceptors (Lipinski definition) is 6. The first-order valence-corrected chi connectivity index (χ1v) is 12.9. The fraction of sp³-hybridized carbons (Fsp3) is 0.478. The number of sulfonamides is 1. The van der Waals surface area contributed by atoms with Crippen LogP contribution < -0.4 is 10.1 Å². The molecular formula is C23H25ClN4O3S. The van der Waals surface area contributed by atoms with Crippen molar-refractivity contribution >= 4 is 33.0 Å². The van der Waals surface area contributed by atoms with Crippen LogP contribution in [-0.4, -0.2) is 41.1 Å². The molecule has 5 rings (SSSR count). The zero-order valence-corrected chi connectivity index (χ0v) is 19.4. The molecule has 1 aromatic carbocycles. The molecule has 2 aliphatic heterocycles. The summed E-state index contributed by atoms with van der Waals surface area (Å²) in [5.41, 5.74) is 2.87. The highest BCUT2D eigenvalue weighted by Gasteiger charge is 2.52. The lowest BCUT2D eigenvalue weighted by atomic mass is 10.0. The zero-order valence-electron chi connectivity index (χ0n) is 17.8. The first kappa shape index (κ1) is 21.5. The normalized spacial score (nSPS) is 25.3. The number of hydrogen-bond donors (Lipinski definition) is 1. The molecule has 2 atom stereocenters. The van der Waals surface area contributed by atoms with Crippen molar-refractivity contribution in [2.45, 2.75) is 68.9 Å². The minimum absolute atomic E-state index is 0.0309. The number of anilines is 2. The standard InChI is InChI=1S/C23H25ClN4O3S/c1-14-21(27-22-7-2-15(13-25)10-20(22)24)8-9-26-23(14)31-18-11-16-3-4-17(12-18)28(16)32(29,30)19-5-6-19/h2,7-10,16-19H,3-6,11-12H2,1H3,(H,26,27)/t16-,17-/m0/s1. The maximum Gasteiger partial charge on any atom is 0.218 e. The van der Waals surface area contributed by atoms with Gasteiger partial charge in [0.15, 0.2) is 0 Å². The van der Waals surface area contributed by atoms with Crippen LogP contribution in [0.1, 0.15) is 49.7 Å². The van der Waals surface area contributed by atoms with Crippen LogP contribution >= 0.6 is 11.6 Å². The van der Waals surface area contributed by atoms with Crippen molar-refractivity contribution in [1.82, 2.24) is 9.29 Å². The fourth-order valence-corrected chi connectivity index (χ4v) is 7.41. The lowest BCUT2D eigenvalue weighted by molar-refractivity contribution is 0.0911. The summed E-state index contributed by atoms with van der Waals surface area (Å²) in [4.78, 5) is 4.43. The highest BCUT2D eigenvalue weighted by molar-refractivity contribution is 7.90. The van der Waals surface area contributed by atoms with Gasteiger partial charge in [0.2, 0.25) is 15.9 Å².